The van der Waals surface area contributed by atoms with Gasteiger partial charge in [0, 0.05) is 30.9 Å². The van der Waals surface area contributed by atoms with Gasteiger partial charge in [-0.3, -0.25) is 14.0 Å². The van der Waals surface area contributed by atoms with Gasteiger partial charge >= 0.3 is 0 Å². The van der Waals surface area contributed by atoms with Crippen LogP contribution in [0.4, 0.5) is 0 Å². The van der Waals surface area contributed by atoms with E-state index in [1.54, 1.807) is 4.68 Å². The fraction of sp³-hybridized carbons (Fsp3) is 0.150. The number of carbonyl (C=O) groups is 1. The molecule has 4 rings (SSSR count). The highest BCUT2D eigenvalue weighted by Gasteiger charge is 2.08. The molecule has 2 N–H and O–H groups in total. The second-order valence-corrected chi connectivity index (χ2v) is 6.35. The summed E-state index contributed by atoms with van der Waals surface area (Å²) in [6.45, 7) is 0. The summed E-state index contributed by atoms with van der Waals surface area (Å²) in [5, 5.41) is 4.22. The molecule has 0 spiro atoms. The van der Waals surface area contributed by atoms with Crippen LogP contribution in [0, 0.1) is 0 Å². The monoisotopic (exact) mass is 345 g/mol. The number of primary amides is 1. The summed E-state index contributed by atoms with van der Waals surface area (Å²) < 4.78 is 3.85. The Kier molecular flexibility index (Phi) is 4.01. The van der Waals surface area contributed by atoms with Crippen molar-refractivity contribution in [2.24, 2.45) is 12.8 Å². The van der Waals surface area contributed by atoms with Gasteiger partial charge in [-0.1, -0.05) is 18.2 Å². The maximum absolute atomic E-state index is 10.9. The summed E-state index contributed by atoms with van der Waals surface area (Å²) >= 11 is 0. The number of benzene rings is 2. The van der Waals surface area contributed by atoms with Gasteiger partial charge in [-0.2, -0.15) is 5.10 Å². The van der Waals surface area contributed by atoms with Gasteiger partial charge in [0.25, 0.3) is 0 Å². The number of nitrogens with two attached hydrogens (primary N) is 1. The van der Waals surface area contributed by atoms with E-state index in [0.29, 0.717) is 12.8 Å². The molecule has 130 valence electrons. The molecular weight excluding hydrogens is 326 g/mol. The molecule has 4 aromatic rings. The Morgan fingerprint density at radius 1 is 1.12 bits per heavy atom. The Labute approximate surface area is 150 Å². The molecule has 26 heavy (non-hydrogen) atoms. The number of fused-ring (bicyclic) bond motifs is 1. The predicted octanol–water partition coefficient (Wildman–Crippen LogP) is 2.84. The Hall–Kier alpha value is -3.41. The smallest absolute Gasteiger partial charge is 0.217 e. The molecule has 6 nitrogen and oxygen atoms in total. The molecule has 0 fully saturated rings. The van der Waals surface area contributed by atoms with Crippen LogP contribution in [0.2, 0.25) is 0 Å². The van der Waals surface area contributed by atoms with Crippen LogP contribution in [0.3, 0.4) is 0 Å². The third kappa shape index (κ3) is 3.09. The van der Waals surface area contributed by atoms with Crippen molar-refractivity contribution < 1.29 is 4.79 Å². The van der Waals surface area contributed by atoms with Gasteiger partial charge < -0.3 is 5.73 Å². The van der Waals surface area contributed by atoms with Crippen LogP contribution in [-0.4, -0.2) is 25.2 Å². The van der Waals surface area contributed by atoms with Crippen LogP contribution in [0.5, 0.6) is 0 Å². The number of hydrogen-bond acceptors (Lipinski definition) is 3. The topological polar surface area (TPSA) is 78.7 Å². The number of imidazole rings is 1. The van der Waals surface area contributed by atoms with E-state index in [0.717, 1.165) is 33.4 Å². The number of aryl methyl sites for hydroxylation is 2. The van der Waals surface area contributed by atoms with Crippen molar-refractivity contribution in [3.63, 3.8) is 0 Å². The summed E-state index contributed by atoms with van der Waals surface area (Å²) in [5.74, 6) is -0.279. The van der Waals surface area contributed by atoms with E-state index in [-0.39, 0.29) is 5.91 Å². The quantitative estimate of drug-likeness (QED) is 0.604. The maximum Gasteiger partial charge on any atom is 0.217 e. The maximum atomic E-state index is 10.9. The van der Waals surface area contributed by atoms with Crippen molar-refractivity contribution >= 4 is 16.9 Å². The van der Waals surface area contributed by atoms with Crippen molar-refractivity contribution in [3.8, 4) is 16.8 Å². The molecule has 0 atom stereocenters. The highest BCUT2D eigenvalue weighted by Crippen LogP contribution is 2.25. The van der Waals surface area contributed by atoms with Gasteiger partial charge in [-0.05, 0) is 41.8 Å². The number of amides is 1. The zero-order chi connectivity index (χ0) is 18.1. The molecule has 0 radical (unpaired) electrons. The number of hydrogen-bond donors (Lipinski definition) is 1. The fourth-order valence-corrected chi connectivity index (χ4v) is 3.06. The first-order chi connectivity index (χ1) is 12.6. The van der Waals surface area contributed by atoms with Gasteiger partial charge in [-0.25, -0.2) is 4.98 Å². The second-order valence-electron chi connectivity index (χ2n) is 6.35. The normalized spacial score (nSPS) is 11.1. The third-order valence-corrected chi connectivity index (χ3v) is 4.46. The molecule has 0 aliphatic carbocycles. The van der Waals surface area contributed by atoms with E-state index in [9.17, 15) is 4.79 Å². The molecule has 2 aromatic heterocycles. The van der Waals surface area contributed by atoms with E-state index in [1.807, 2.05) is 50.0 Å². The van der Waals surface area contributed by atoms with Crippen LogP contribution >= 0.6 is 0 Å². The largest absolute Gasteiger partial charge is 0.370 e. The lowest BCUT2D eigenvalue weighted by molar-refractivity contribution is -0.117. The summed E-state index contributed by atoms with van der Waals surface area (Å²) in [7, 11) is 1.91. The molecular formula is C20H19N5O. The minimum absolute atomic E-state index is 0.279. The van der Waals surface area contributed by atoms with E-state index >= 15 is 0 Å². The lowest BCUT2D eigenvalue weighted by atomic mass is 10.1. The van der Waals surface area contributed by atoms with Gasteiger partial charge in [-0.15, -0.1) is 0 Å². The van der Waals surface area contributed by atoms with E-state index in [2.05, 4.69) is 32.8 Å². The average Bonchev–Trinajstić information content (AvgIpc) is 3.26. The van der Waals surface area contributed by atoms with Gasteiger partial charge in [0.05, 0.1) is 17.2 Å². The summed E-state index contributed by atoms with van der Waals surface area (Å²) in [4.78, 5) is 15.5. The lowest BCUT2D eigenvalue weighted by Gasteiger charge is -2.06. The highest BCUT2D eigenvalue weighted by atomic mass is 16.1. The third-order valence-electron chi connectivity index (χ3n) is 4.46. The van der Waals surface area contributed by atoms with Crippen molar-refractivity contribution in [2.75, 3.05) is 0 Å². The first kappa shape index (κ1) is 16.1. The van der Waals surface area contributed by atoms with E-state index < -0.39 is 0 Å². The minimum atomic E-state index is -0.279. The fourth-order valence-electron chi connectivity index (χ4n) is 3.06. The SMILES string of the molecule is Cn1cc(-c2ccc3c(c2)ncn3-c2ccc(CCC(N)=O)cc2)cn1. The van der Waals surface area contributed by atoms with Gasteiger partial charge in [0.15, 0.2) is 0 Å². The molecule has 6 heteroatoms. The first-order valence-electron chi connectivity index (χ1n) is 8.44. The van der Waals surface area contributed by atoms with Gasteiger partial charge in [0.1, 0.15) is 6.33 Å². The van der Waals surface area contributed by atoms with Crippen LogP contribution in [0.25, 0.3) is 27.8 Å². The van der Waals surface area contributed by atoms with E-state index in [4.69, 9.17) is 5.73 Å². The molecule has 2 heterocycles. The molecule has 0 saturated heterocycles. The molecule has 0 aliphatic rings. The second kappa shape index (κ2) is 6.48. The summed E-state index contributed by atoms with van der Waals surface area (Å²) in [6.07, 6.45) is 6.70. The predicted molar refractivity (Wildman–Crippen MR) is 101 cm³/mol. The molecule has 1 amide bonds. The van der Waals surface area contributed by atoms with Gasteiger partial charge in [0.2, 0.25) is 5.91 Å². The van der Waals surface area contributed by atoms with Crippen LogP contribution in [0.15, 0.2) is 61.2 Å². The molecule has 0 aliphatic heterocycles. The average molecular weight is 345 g/mol. The van der Waals surface area contributed by atoms with Crippen molar-refractivity contribution in [1.82, 2.24) is 19.3 Å². The Morgan fingerprint density at radius 2 is 1.92 bits per heavy atom. The Balaban J connectivity index is 1.64. The van der Waals surface area contributed by atoms with Crippen molar-refractivity contribution in [2.45, 2.75) is 12.8 Å². The minimum Gasteiger partial charge on any atom is -0.370 e. The number of aromatic nitrogens is 4. The number of nitrogens with zero attached hydrogens (tertiary/aromatic N) is 4. The zero-order valence-corrected chi connectivity index (χ0v) is 14.5. The van der Waals surface area contributed by atoms with Crippen LogP contribution in [-0.2, 0) is 18.3 Å². The summed E-state index contributed by atoms with van der Waals surface area (Å²) in [6, 6.07) is 14.3. The lowest BCUT2D eigenvalue weighted by Crippen LogP contribution is -2.11. The zero-order valence-electron chi connectivity index (χ0n) is 14.5. The summed E-state index contributed by atoms with van der Waals surface area (Å²) in [5.41, 5.74) is 11.5. The van der Waals surface area contributed by atoms with Crippen molar-refractivity contribution in [1.29, 1.82) is 0 Å². The van der Waals surface area contributed by atoms with Crippen LogP contribution in [0.1, 0.15) is 12.0 Å². The number of rotatable bonds is 5. The highest BCUT2D eigenvalue weighted by molar-refractivity contribution is 5.83. The molecule has 0 unspecified atom stereocenters. The Bertz CT molecular complexity index is 1080. The Morgan fingerprint density at radius 3 is 2.62 bits per heavy atom. The molecule has 0 saturated carbocycles. The molecule has 0 bridgehead atoms. The molecule has 2 aromatic carbocycles. The number of carbonyl (C=O) groups excluding carboxylic acids is 1. The van der Waals surface area contributed by atoms with E-state index in [1.165, 1.54) is 0 Å². The van der Waals surface area contributed by atoms with Crippen LogP contribution < -0.4 is 5.73 Å². The van der Waals surface area contributed by atoms with Crippen molar-refractivity contribution in [3.05, 3.63) is 66.7 Å². The first-order valence-corrected chi connectivity index (χ1v) is 8.44. The standard InChI is InChI=1S/C20H19N5O/c1-24-12-16(11-23-24)15-5-8-19-18(10-15)22-13-25(19)17-6-2-14(3-7-17)4-9-20(21)26/h2-3,5-8,10-13H,4,9H2,1H3,(H2,21,26).